The van der Waals surface area contributed by atoms with Crippen LogP contribution in [0.3, 0.4) is 0 Å². The van der Waals surface area contributed by atoms with Crippen LogP contribution in [0.25, 0.3) is 0 Å². The Labute approximate surface area is 78.1 Å². The van der Waals surface area contributed by atoms with Crippen molar-refractivity contribution in [2.24, 2.45) is 5.73 Å². The third kappa shape index (κ3) is 1.39. The summed E-state index contributed by atoms with van der Waals surface area (Å²) in [4.78, 5) is 0. The maximum Gasteiger partial charge on any atom is 0.452 e. The fourth-order valence-corrected chi connectivity index (χ4v) is 1.46. The van der Waals surface area contributed by atoms with Gasteiger partial charge in [-0.3, -0.25) is 0 Å². The first-order chi connectivity index (χ1) is 6.42. The summed E-state index contributed by atoms with van der Waals surface area (Å²) in [6.07, 6.45) is -2.23. The van der Waals surface area contributed by atoms with Crippen molar-refractivity contribution in [3.8, 4) is 0 Å². The molecule has 1 aliphatic carbocycles. The van der Waals surface area contributed by atoms with Crippen molar-refractivity contribution >= 4 is 0 Å². The van der Waals surface area contributed by atoms with E-state index in [9.17, 15) is 13.2 Å². The zero-order valence-corrected chi connectivity index (χ0v) is 7.27. The van der Waals surface area contributed by atoms with Crippen LogP contribution < -0.4 is 5.73 Å². The second kappa shape index (κ2) is 2.73. The molecule has 1 fully saturated rings. The highest BCUT2D eigenvalue weighted by Crippen LogP contribution is 2.40. The van der Waals surface area contributed by atoms with Gasteiger partial charge in [0.2, 0.25) is 5.76 Å². The third-order valence-electron chi connectivity index (χ3n) is 2.55. The van der Waals surface area contributed by atoms with E-state index in [1.807, 2.05) is 0 Å². The topological polar surface area (TPSA) is 52.0 Å². The van der Waals surface area contributed by atoms with Crippen molar-refractivity contribution < 1.29 is 17.7 Å². The molecule has 1 heterocycles. The van der Waals surface area contributed by atoms with E-state index in [0.717, 1.165) is 12.5 Å². The molecule has 0 atom stereocenters. The predicted molar refractivity (Wildman–Crippen MR) is 41.2 cm³/mol. The van der Waals surface area contributed by atoms with Crippen LogP contribution in [0.2, 0.25) is 0 Å². The van der Waals surface area contributed by atoms with Crippen molar-refractivity contribution in [3.63, 3.8) is 0 Å². The van der Waals surface area contributed by atoms with E-state index in [0.29, 0.717) is 12.8 Å². The van der Waals surface area contributed by atoms with Gasteiger partial charge in [-0.15, -0.1) is 0 Å². The van der Waals surface area contributed by atoms with Crippen molar-refractivity contribution in [3.05, 3.63) is 17.5 Å². The maximum absolute atomic E-state index is 12.1. The molecule has 0 bridgehead atoms. The number of hydrogen-bond donors (Lipinski definition) is 1. The lowest BCUT2D eigenvalue weighted by atomic mass is 9.75. The number of halogens is 3. The van der Waals surface area contributed by atoms with Gasteiger partial charge >= 0.3 is 6.18 Å². The van der Waals surface area contributed by atoms with Crippen LogP contribution in [0.4, 0.5) is 13.2 Å². The van der Waals surface area contributed by atoms with E-state index in [-0.39, 0.29) is 5.69 Å². The molecular weight excluding hydrogens is 197 g/mol. The van der Waals surface area contributed by atoms with Crippen LogP contribution in [0.1, 0.15) is 30.7 Å². The van der Waals surface area contributed by atoms with Crippen molar-refractivity contribution in [1.82, 2.24) is 5.16 Å². The number of nitrogens with zero attached hydrogens (tertiary/aromatic N) is 1. The molecule has 0 unspecified atom stereocenters. The molecule has 1 saturated carbocycles. The number of alkyl halides is 3. The molecule has 14 heavy (non-hydrogen) atoms. The number of hydrogen-bond acceptors (Lipinski definition) is 3. The average molecular weight is 206 g/mol. The molecule has 0 radical (unpaired) electrons. The Morgan fingerprint density at radius 3 is 2.43 bits per heavy atom. The van der Waals surface area contributed by atoms with Gasteiger partial charge in [0.15, 0.2) is 0 Å². The number of rotatable bonds is 1. The summed E-state index contributed by atoms with van der Waals surface area (Å²) in [5, 5.41) is 3.36. The smallest absolute Gasteiger partial charge is 0.351 e. The second-order valence-corrected chi connectivity index (χ2v) is 3.58. The molecule has 0 spiro atoms. The summed E-state index contributed by atoms with van der Waals surface area (Å²) in [5.74, 6) is -1.08. The molecule has 1 aromatic heterocycles. The largest absolute Gasteiger partial charge is 0.452 e. The monoisotopic (exact) mass is 206 g/mol. The van der Waals surface area contributed by atoms with Crippen LogP contribution in [0.15, 0.2) is 10.6 Å². The minimum atomic E-state index is -4.48. The molecule has 78 valence electrons. The molecule has 0 aliphatic heterocycles. The van der Waals surface area contributed by atoms with Crippen LogP contribution in [-0.4, -0.2) is 5.16 Å². The van der Waals surface area contributed by atoms with Crippen LogP contribution >= 0.6 is 0 Å². The van der Waals surface area contributed by atoms with Gasteiger partial charge < -0.3 is 10.3 Å². The molecule has 3 nitrogen and oxygen atoms in total. The summed E-state index contributed by atoms with van der Waals surface area (Å²) < 4.78 is 40.6. The Kier molecular flexibility index (Phi) is 1.85. The molecular formula is C8H9F3N2O. The highest BCUT2D eigenvalue weighted by Gasteiger charge is 2.42. The Hall–Kier alpha value is -1.04. The second-order valence-electron chi connectivity index (χ2n) is 3.58. The van der Waals surface area contributed by atoms with Gasteiger partial charge in [0.1, 0.15) is 5.69 Å². The number of nitrogens with two attached hydrogens (primary N) is 1. The fourth-order valence-electron chi connectivity index (χ4n) is 1.46. The minimum absolute atomic E-state index is 0.205. The predicted octanol–water partition coefficient (Wildman–Crippen LogP) is 2.03. The summed E-state index contributed by atoms with van der Waals surface area (Å²) in [6.45, 7) is 0. The van der Waals surface area contributed by atoms with E-state index in [1.165, 1.54) is 0 Å². The van der Waals surface area contributed by atoms with Gasteiger partial charge in [-0.05, 0) is 19.3 Å². The lowest BCUT2D eigenvalue weighted by Gasteiger charge is -2.35. The Balaban J connectivity index is 2.26. The first-order valence-corrected chi connectivity index (χ1v) is 4.25. The van der Waals surface area contributed by atoms with Gasteiger partial charge in [-0.1, -0.05) is 5.16 Å². The number of aromatic nitrogens is 1. The molecule has 6 heteroatoms. The van der Waals surface area contributed by atoms with E-state index in [4.69, 9.17) is 5.73 Å². The molecule has 1 aromatic rings. The summed E-state index contributed by atoms with van der Waals surface area (Å²) in [7, 11) is 0. The molecule has 2 rings (SSSR count). The van der Waals surface area contributed by atoms with Gasteiger partial charge in [-0.25, -0.2) is 0 Å². The van der Waals surface area contributed by atoms with E-state index < -0.39 is 17.5 Å². The van der Waals surface area contributed by atoms with Crippen molar-refractivity contribution in [1.29, 1.82) is 0 Å². The lowest BCUT2D eigenvalue weighted by Crippen LogP contribution is -2.43. The van der Waals surface area contributed by atoms with Gasteiger partial charge in [0.25, 0.3) is 0 Å². The third-order valence-corrected chi connectivity index (χ3v) is 2.55. The maximum atomic E-state index is 12.1. The minimum Gasteiger partial charge on any atom is -0.351 e. The molecule has 1 aliphatic rings. The SMILES string of the molecule is NC1(c2cc(C(F)(F)F)on2)CCC1. The summed E-state index contributed by atoms with van der Waals surface area (Å²) >= 11 is 0. The van der Waals surface area contributed by atoms with Crippen LogP contribution in [-0.2, 0) is 11.7 Å². The van der Waals surface area contributed by atoms with E-state index >= 15 is 0 Å². The normalized spacial score (nSPS) is 20.6. The summed E-state index contributed by atoms with van der Waals surface area (Å²) in [6, 6.07) is 0.888. The zero-order valence-electron chi connectivity index (χ0n) is 7.27. The molecule has 0 aromatic carbocycles. The molecule has 0 saturated heterocycles. The molecule has 2 N–H and O–H groups in total. The lowest BCUT2D eigenvalue weighted by molar-refractivity contribution is -0.155. The Morgan fingerprint density at radius 1 is 1.43 bits per heavy atom. The highest BCUT2D eigenvalue weighted by molar-refractivity contribution is 5.19. The van der Waals surface area contributed by atoms with Crippen LogP contribution in [0, 0.1) is 0 Å². The van der Waals surface area contributed by atoms with Gasteiger partial charge in [0, 0.05) is 6.07 Å². The van der Waals surface area contributed by atoms with E-state index in [2.05, 4.69) is 9.68 Å². The van der Waals surface area contributed by atoms with Gasteiger partial charge in [0.05, 0.1) is 5.54 Å². The zero-order chi connectivity index (χ0) is 10.4. The summed E-state index contributed by atoms with van der Waals surface area (Å²) in [5.41, 5.74) is 5.29. The van der Waals surface area contributed by atoms with E-state index in [1.54, 1.807) is 0 Å². The Morgan fingerprint density at radius 2 is 2.07 bits per heavy atom. The van der Waals surface area contributed by atoms with Crippen molar-refractivity contribution in [2.45, 2.75) is 31.0 Å². The highest BCUT2D eigenvalue weighted by atomic mass is 19.4. The average Bonchev–Trinajstić information content (AvgIpc) is 2.46. The first-order valence-electron chi connectivity index (χ1n) is 4.25. The quantitative estimate of drug-likeness (QED) is 0.764. The standard InChI is InChI=1S/C8H9F3N2O/c9-8(10,11)6-4-5(13-14-6)7(12)2-1-3-7/h4H,1-3,12H2. The van der Waals surface area contributed by atoms with Crippen molar-refractivity contribution in [2.75, 3.05) is 0 Å². The first kappa shape index (κ1) is 9.51. The van der Waals surface area contributed by atoms with Crippen LogP contribution in [0.5, 0.6) is 0 Å². The Bertz CT molecular complexity index is 341. The molecule has 0 amide bonds. The van der Waals surface area contributed by atoms with Gasteiger partial charge in [-0.2, -0.15) is 13.2 Å². The fraction of sp³-hybridized carbons (Fsp3) is 0.625.